The molecule has 1 saturated carbocycles. The van der Waals surface area contributed by atoms with E-state index in [4.69, 9.17) is 5.11 Å². The molecule has 17 heavy (non-hydrogen) atoms. The number of urea groups is 1. The Labute approximate surface area is 102 Å². The lowest BCUT2D eigenvalue weighted by Crippen LogP contribution is -2.45. The van der Waals surface area contributed by atoms with Crippen molar-refractivity contribution in [2.24, 2.45) is 5.92 Å². The molecule has 0 aromatic heterocycles. The van der Waals surface area contributed by atoms with Crippen molar-refractivity contribution in [3.8, 4) is 0 Å². The molecule has 1 rings (SSSR count). The first-order chi connectivity index (χ1) is 8.00. The lowest BCUT2D eigenvalue weighted by Gasteiger charge is -2.24. The molecule has 0 saturated heterocycles. The maximum atomic E-state index is 11.7. The summed E-state index contributed by atoms with van der Waals surface area (Å²) in [5.74, 6) is -0.305. The summed E-state index contributed by atoms with van der Waals surface area (Å²) in [5, 5.41) is 11.5. The molecule has 0 unspecified atom stereocenters. The Kier molecular flexibility index (Phi) is 5.25. The van der Waals surface area contributed by atoms with Gasteiger partial charge in [-0.1, -0.05) is 12.8 Å². The van der Waals surface area contributed by atoms with Gasteiger partial charge in [0.05, 0.1) is 6.42 Å². The molecule has 0 heterocycles. The summed E-state index contributed by atoms with van der Waals surface area (Å²) >= 11 is 0. The summed E-state index contributed by atoms with van der Waals surface area (Å²) < 4.78 is 0. The lowest BCUT2D eigenvalue weighted by molar-refractivity contribution is -0.137. The zero-order valence-corrected chi connectivity index (χ0v) is 10.6. The molecule has 0 bridgehead atoms. The topological polar surface area (TPSA) is 69.6 Å². The smallest absolute Gasteiger partial charge is 0.317 e. The van der Waals surface area contributed by atoms with Gasteiger partial charge in [-0.15, -0.1) is 0 Å². The Bertz CT molecular complexity index is 275. The highest BCUT2D eigenvalue weighted by atomic mass is 16.4. The molecule has 0 aliphatic heterocycles. The normalized spacial score (nSPS) is 17.8. The van der Waals surface area contributed by atoms with Crippen LogP contribution in [0, 0.1) is 5.92 Å². The molecular weight excluding hydrogens is 220 g/mol. The number of aliphatic carboxylic acids is 1. The average molecular weight is 242 g/mol. The van der Waals surface area contributed by atoms with Crippen LogP contribution in [0.4, 0.5) is 4.79 Å². The van der Waals surface area contributed by atoms with Crippen LogP contribution in [-0.4, -0.2) is 41.6 Å². The van der Waals surface area contributed by atoms with E-state index in [-0.39, 0.29) is 25.0 Å². The highest BCUT2D eigenvalue weighted by Crippen LogP contribution is 2.27. The number of nitrogens with zero attached hydrogens (tertiary/aromatic N) is 1. The van der Waals surface area contributed by atoms with Gasteiger partial charge in [-0.05, 0) is 25.7 Å². The zero-order valence-electron chi connectivity index (χ0n) is 10.6. The van der Waals surface area contributed by atoms with Gasteiger partial charge in [-0.25, -0.2) is 4.79 Å². The molecule has 5 nitrogen and oxygen atoms in total. The minimum absolute atomic E-state index is 0.0122. The first-order valence-corrected chi connectivity index (χ1v) is 6.24. The van der Waals surface area contributed by atoms with Gasteiger partial charge in [0.15, 0.2) is 0 Å². The van der Waals surface area contributed by atoms with Gasteiger partial charge in [-0.2, -0.15) is 0 Å². The van der Waals surface area contributed by atoms with Gasteiger partial charge >= 0.3 is 12.0 Å². The third-order valence-corrected chi connectivity index (χ3v) is 3.47. The Morgan fingerprint density at radius 3 is 2.53 bits per heavy atom. The molecule has 98 valence electrons. The van der Waals surface area contributed by atoms with Crippen LogP contribution in [-0.2, 0) is 4.79 Å². The van der Waals surface area contributed by atoms with E-state index in [1.807, 2.05) is 6.92 Å². The second-order valence-corrected chi connectivity index (χ2v) is 4.85. The van der Waals surface area contributed by atoms with Gasteiger partial charge in [0.2, 0.25) is 0 Å². The van der Waals surface area contributed by atoms with Crippen molar-refractivity contribution < 1.29 is 14.7 Å². The fourth-order valence-electron chi connectivity index (χ4n) is 2.25. The molecule has 0 aromatic carbocycles. The fourth-order valence-corrected chi connectivity index (χ4v) is 2.25. The van der Waals surface area contributed by atoms with Crippen LogP contribution in [0.1, 0.15) is 39.0 Å². The first-order valence-electron chi connectivity index (χ1n) is 6.24. The highest BCUT2D eigenvalue weighted by molar-refractivity contribution is 5.75. The molecule has 5 heteroatoms. The van der Waals surface area contributed by atoms with E-state index in [1.165, 1.54) is 30.6 Å². The molecule has 0 aromatic rings. The fraction of sp³-hybridized carbons (Fsp3) is 0.833. The van der Waals surface area contributed by atoms with E-state index < -0.39 is 5.97 Å². The standard InChI is InChI=1S/C12H22N2O3/c1-9(10-5-3-4-6-10)13-12(17)14(2)8-7-11(15)16/h9-10H,3-8H2,1-2H3,(H,13,17)(H,15,16)/t9-/m1/s1. The van der Waals surface area contributed by atoms with Gasteiger partial charge < -0.3 is 15.3 Å². The molecule has 0 spiro atoms. The molecule has 1 atom stereocenters. The quantitative estimate of drug-likeness (QED) is 0.770. The predicted molar refractivity (Wildman–Crippen MR) is 64.8 cm³/mol. The minimum Gasteiger partial charge on any atom is -0.481 e. The number of nitrogens with one attached hydrogen (secondary N) is 1. The van der Waals surface area contributed by atoms with Gasteiger partial charge in [-0.3, -0.25) is 4.79 Å². The molecule has 1 aliphatic carbocycles. The van der Waals surface area contributed by atoms with Crippen molar-refractivity contribution in [1.82, 2.24) is 10.2 Å². The second-order valence-electron chi connectivity index (χ2n) is 4.85. The minimum atomic E-state index is -0.881. The Hall–Kier alpha value is -1.26. The van der Waals surface area contributed by atoms with Crippen LogP contribution < -0.4 is 5.32 Å². The van der Waals surface area contributed by atoms with Crippen LogP contribution in [0.25, 0.3) is 0 Å². The maximum absolute atomic E-state index is 11.7. The molecule has 1 aliphatic rings. The van der Waals surface area contributed by atoms with Crippen molar-refractivity contribution in [1.29, 1.82) is 0 Å². The number of carbonyl (C=O) groups excluding carboxylic acids is 1. The maximum Gasteiger partial charge on any atom is 0.317 e. The Morgan fingerprint density at radius 1 is 1.41 bits per heavy atom. The molecule has 1 fully saturated rings. The van der Waals surface area contributed by atoms with Crippen molar-refractivity contribution >= 4 is 12.0 Å². The van der Waals surface area contributed by atoms with Crippen molar-refractivity contribution in [3.63, 3.8) is 0 Å². The first kappa shape index (κ1) is 13.8. The van der Waals surface area contributed by atoms with Crippen molar-refractivity contribution in [2.45, 2.75) is 45.1 Å². The van der Waals surface area contributed by atoms with Gasteiger partial charge in [0, 0.05) is 19.6 Å². The van der Waals surface area contributed by atoms with Crippen molar-refractivity contribution in [3.05, 3.63) is 0 Å². The zero-order chi connectivity index (χ0) is 12.8. The van der Waals surface area contributed by atoms with Crippen LogP contribution >= 0.6 is 0 Å². The molecular formula is C12H22N2O3. The number of amides is 2. The van der Waals surface area contributed by atoms with E-state index in [0.717, 1.165) is 0 Å². The van der Waals surface area contributed by atoms with Crippen LogP contribution in [0.3, 0.4) is 0 Å². The summed E-state index contributed by atoms with van der Waals surface area (Å²) in [5.41, 5.74) is 0. The number of hydrogen-bond donors (Lipinski definition) is 2. The monoisotopic (exact) mass is 242 g/mol. The van der Waals surface area contributed by atoms with E-state index in [0.29, 0.717) is 5.92 Å². The summed E-state index contributed by atoms with van der Waals surface area (Å²) in [6, 6.07) is 0.00271. The second kappa shape index (κ2) is 6.47. The van der Waals surface area contributed by atoms with E-state index >= 15 is 0 Å². The molecule has 2 N–H and O–H groups in total. The number of carbonyl (C=O) groups is 2. The third-order valence-electron chi connectivity index (χ3n) is 3.47. The molecule has 0 radical (unpaired) electrons. The van der Waals surface area contributed by atoms with Crippen LogP contribution in [0.2, 0.25) is 0 Å². The summed E-state index contributed by atoms with van der Waals surface area (Å²) in [6.07, 6.45) is 4.85. The highest BCUT2D eigenvalue weighted by Gasteiger charge is 2.23. The average Bonchev–Trinajstić information content (AvgIpc) is 2.78. The summed E-state index contributed by atoms with van der Waals surface area (Å²) in [6.45, 7) is 2.28. The van der Waals surface area contributed by atoms with Crippen LogP contribution in [0.15, 0.2) is 0 Å². The SMILES string of the molecule is C[C@@H](NC(=O)N(C)CCC(=O)O)C1CCCC1. The van der Waals surface area contributed by atoms with Gasteiger partial charge in [0.1, 0.15) is 0 Å². The molecule has 2 amide bonds. The van der Waals surface area contributed by atoms with Crippen molar-refractivity contribution in [2.75, 3.05) is 13.6 Å². The largest absolute Gasteiger partial charge is 0.481 e. The van der Waals surface area contributed by atoms with E-state index in [1.54, 1.807) is 7.05 Å². The van der Waals surface area contributed by atoms with E-state index in [9.17, 15) is 9.59 Å². The Balaban J connectivity index is 2.29. The predicted octanol–water partition coefficient (Wildman–Crippen LogP) is 1.68. The van der Waals surface area contributed by atoms with Crippen LogP contribution in [0.5, 0.6) is 0 Å². The number of carboxylic acid groups (broad SMARTS) is 1. The van der Waals surface area contributed by atoms with Gasteiger partial charge in [0.25, 0.3) is 0 Å². The summed E-state index contributed by atoms with van der Waals surface area (Å²) in [4.78, 5) is 23.6. The summed E-state index contributed by atoms with van der Waals surface area (Å²) in [7, 11) is 1.62. The number of hydrogen-bond acceptors (Lipinski definition) is 2. The lowest BCUT2D eigenvalue weighted by atomic mass is 10.0. The third kappa shape index (κ3) is 4.63. The number of rotatable bonds is 5. The number of carboxylic acids is 1. The Morgan fingerprint density at radius 2 is 2.00 bits per heavy atom. The van der Waals surface area contributed by atoms with E-state index in [2.05, 4.69) is 5.32 Å².